The lowest BCUT2D eigenvalue weighted by Gasteiger charge is -2.10. The third-order valence-corrected chi connectivity index (χ3v) is 4.40. The second-order valence-corrected chi connectivity index (χ2v) is 6.43. The van der Waals surface area contributed by atoms with Gasteiger partial charge in [0.15, 0.2) is 17.5 Å². The van der Waals surface area contributed by atoms with Gasteiger partial charge in [-0.25, -0.2) is 0 Å². The van der Waals surface area contributed by atoms with Gasteiger partial charge in [0.05, 0.1) is 19.8 Å². The van der Waals surface area contributed by atoms with Crippen molar-refractivity contribution in [3.63, 3.8) is 0 Å². The topological polar surface area (TPSA) is 68.9 Å². The Labute approximate surface area is 146 Å². The van der Waals surface area contributed by atoms with E-state index in [1.54, 1.807) is 11.8 Å². The number of fused-ring (bicyclic) bond motifs is 1. The average Bonchev–Trinajstić information content (AvgIpc) is 2.84. The van der Waals surface area contributed by atoms with Gasteiger partial charge >= 0.3 is 0 Å². The molecule has 0 spiro atoms. The maximum absolute atomic E-state index is 5.95. The molecule has 0 amide bonds. The lowest BCUT2D eigenvalue weighted by atomic mass is 10.3. The molecule has 24 heavy (non-hydrogen) atoms. The Balaban J connectivity index is 1.50. The van der Waals surface area contributed by atoms with Crippen molar-refractivity contribution in [1.29, 1.82) is 0 Å². The van der Waals surface area contributed by atoms with Crippen LogP contribution in [0.15, 0.2) is 58.4 Å². The third kappa shape index (κ3) is 4.83. The van der Waals surface area contributed by atoms with Gasteiger partial charge in [0.25, 0.3) is 0 Å². The Hall–Kier alpha value is -2.34. The van der Waals surface area contributed by atoms with Crippen molar-refractivity contribution in [2.45, 2.75) is 11.3 Å². The van der Waals surface area contributed by atoms with Crippen LogP contribution in [0.25, 0.3) is 0 Å². The summed E-state index contributed by atoms with van der Waals surface area (Å²) in [5.41, 5.74) is 6.79. The number of rotatable bonds is 5. The molecule has 0 aromatic heterocycles. The van der Waals surface area contributed by atoms with Crippen molar-refractivity contribution in [2.75, 3.05) is 30.8 Å². The predicted octanol–water partition coefficient (Wildman–Crippen LogP) is 3.37. The molecular weight excluding hydrogens is 322 g/mol. The highest BCUT2D eigenvalue weighted by Crippen LogP contribution is 2.32. The quantitative estimate of drug-likeness (QED) is 0.377. The van der Waals surface area contributed by atoms with E-state index in [0.29, 0.717) is 25.7 Å². The summed E-state index contributed by atoms with van der Waals surface area (Å²) in [6.07, 6.45) is 0.889. The van der Waals surface area contributed by atoms with E-state index in [2.05, 4.69) is 22.4 Å². The van der Waals surface area contributed by atoms with Gasteiger partial charge in [-0.15, -0.1) is 11.8 Å². The standard InChI is InChI=1S/C18H21N3O2S/c19-18(20-9-12-24-15-5-2-1-3-6-15)21-14-7-8-16-17(13-14)23-11-4-10-22-16/h1-3,5-8,13H,4,9-12H2,(H3,19,20,21). The molecule has 0 fully saturated rings. The van der Waals surface area contributed by atoms with Crippen molar-refractivity contribution in [3.05, 3.63) is 48.5 Å². The smallest absolute Gasteiger partial charge is 0.193 e. The molecule has 6 heteroatoms. The van der Waals surface area contributed by atoms with E-state index in [1.165, 1.54) is 4.90 Å². The summed E-state index contributed by atoms with van der Waals surface area (Å²) >= 11 is 1.76. The molecule has 0 bridgehead atoms. The highest BCUT2D eigenvalue weighted by Gasteiger charge is 2.10. The Morgan fingerprint density at radius 1 is 1.08 bits per heavy atom. The summed E-state index contributed by atoms with van der Waals surface area (Å²) in [5.74, 6) is 2.80. The van der Waals surface area contributed by atoms with E-state index in [0.717, 1.165) is 29.4 Å². The molecule has 0 saturated carbocycles. The van der Waals surface area contributed by atoms with Crippen LogP contribution in [0, 0.1) is 0 Å². The molecule has 0 saturated heterocycles. The lowest BCUT2D eigenvalue weighted by Crippen LogP contribution is -2.23. The Kier molecular flexibility index (Phi) is 5.85. The molecule has 2 aromatic carbocycles. The lowest BCUT2D eigenvalue weighted by molar-refractivity contribution is 0.297. The largest absolute Gasteiger partial charge is 0.490 e. The minimum Gasteiger partial charge on any atom is -0.490 e. The summed E-state index contributed by atoms with van der Waals surface area (Å²) in [4.78, 5) is 5.59. The Morgan fingerprint density at radius 2 is 1.88 bits per heavy atom. The molecule has 0 atom stereocenters. The summed E-state index contributed by atoms with van der Waals surface area (Å²) in [7, 11) is 0. The van der Waals surface area contributed by atoms with Crippen molar-refractivity contribution >= 4 is 23.4 Å². The normalized spacial score (nSPS) is 14.1. The number of aliphatic imine (C=N–C) groups is 1. The molecule has 0 radical (unpaired) electrons. The fourth-order valence-corrected chi connectivity index (χ4v) is 3.04. The van der Waals surface area contributed by atoms with Gasteiger partial charge < -0.3 is 20.5 Å². The number of guanidine groups is 1. The van der Waals surface area contributed by atoms with Crippen molar-refractivity contribution in [1.82, 2.24) is 0 Å². The van der Waals surface area contributed by atoms with Gasteiger partial charge in [-0.05, 0) is 24.3 Å². The first kappa shape index (κ1) is 16.5. The molecular formula is C18H21N3O2S. The Bertz CT molecular complexity index is 692. The van der Waals surface area contributed by atoms with Crippen molar-refractivity contribution in [2.24, 2.45) is 10.7 Å². The Morgan fingerprint density at radius 3 is 2.71 bits per heavy atom. The van der Waals surface area contributed by atoms with Crippen LogP contribution < -0.4 is 20.5 Å². The number of nitrogens with zero attached hydrogens (tertiary/aromatic N) is 1. The van der Waals surface area contributed by atoms with E-state index in [-0.39, 0.29) is 0 Å². The first-order valence-electron chi connectivity index (χ1n) is 7.96. The maximum Gasteiger partial charge on any atom is 0.193 e. The van der Waals surface area contributed by atoms with E-state index < -0.39 is 0 Å². The molecule has 5 nitrogen and oxygen atoms in total. The van der Waals surface area contributed by atoms with E-state index in [4.69, 9.17) is 15.2 Å². The predicted molar refractivity (Wildman–Crippen MR) is 99.3 cm³/mol. The number of nitrogens with two attached hydrogens (primary N) is 1. The monoisotopic (exact) mass is 343 g/mol. The molecule has 1 heterocycles. The number of anilines is 1. The minimum absolute atomic E-state index is 0.401. The van der Waals surface area contributed by atoms with Crippen LogP contribution in [0.5, 0.6) is 11.5 Å². The van der Waals surface area contributed by atoms with Crippen LogP contribution in [0.1, 0.15) is 6.42 Å². The SMILES string of the molecule is NC(=NCCSc1ccccc1)Nc1ccc2c(c1)OCCCO2. The zero-order valence-electron chi connectivity index (χ0n) is 13.4. The first-order valence-corrected chi connectivity index (χ1v) is 8.94. The van der Waals surface area contributed by atoms with Gasteiger partial charge in [0, 0.05) is 28.8 Å². The number of benzene rings is 2. The summed E-state index contributed by atoms with van der Waals surface area (Å²) in [5, 5.41) is 3.09. The van der Waals surface area contributed by atoms with Crippen molar-refractivity contribution < 1.29 is 9.47 Å². The third-order valence-electron chi connectivity index (χ3n) is 3.41. The number of thioether (sulfide) groups is 1. The molecule has 3 rings (SSSR count). The molecule has 2 aromatic rings. The average molecular weight is 343 g/mol. The number of ether oxygens (including phenoxy) is 2. The van der Waals surface area contributed by atoms with Crippen LogP contribution in [0.2, 0.25) is 0 Å². The van der Waals surface area contributed by atoms with Gasteiger partial charge in [-0.1, -0.05) is 18.2 Å². The number of hydrogen-bond acceptors (Lipinski definition) is 4. The first-order chi connectivity index (χ1) is 11.8. The molecule has 1 aliphatic rings. The summed E-state index contributed by atoms with van der Waals surface area (Å²) in [6, 6.07) is 16.0. The minimum atomic E-state index is 0.401. The van der Waals surface area contributed by atoms with E-state index in [9.17, 15) is 0 Å². The molecule has 0 unspecified atom stereocenters. The maximum atomic E-state index is 5.95. The highest BCUT2D eigenvalue weighted by atomic mass is 32.2. The van der Waals surface area contributed by atoms with Gasteiger partial charge in [-0.3, -0.25) is 4.99 Å². The van der Waals surface area contributed by atoms with Crippen LogP contribution in [0.3, 0.4) is 0 Å². The van der Waals surface area contributed by atoms with Crippen LogP contribution in [-0.4, -0.2) is 31.5 Å². The van der Waals surface area contributed by atoms with Gasteiger partial charge in [-0.2, -0.15) is 0 Å². The summed E-state index contributed by atoms with van der Waals surface area (Å²) in [6.45, 7) is 2.00. The molecule has 1 aliphatic heterocycles. The van der Waals surface area contributed by atoms with Crippen molar-refractivity contribution in [3.8, 4) is 11.5 Å². The summed E-state index contributed by atoms with van der Waals surface area (Å²) < 4.78 is 11.3. The fraction of sp³-hybridized carbons (Fsp3) is 0.278. The second kappa shape index (κ2) is 8.49. The molecule has 3 N–H and O–H groups in total. The van der Waals surface area contributed by atoms with Crippen LogP contribution >= 0.6 is 11.8 Å². The zero-order valence-corrected chi connectivity index (χ0v) is 14.2. The second-order valence-electron chi connectivity index (χ2n) is 5.27. The zero-order chi connectivity index (χ0) is 16.6. The van der Waals surface area contributed by atoms with E-state index in [1.807, 2.05) is 36.4 Å². The fourth-order valence-electron chi connectivity index (χ4n) is 2.27. The number of nitrogens with one attached hydrogen (secondary N) is 1. The number of hydrogen-bond donors (Lipinski definition) is 2. The van der Waals surface area contributed by atoms with E-state index >= 15 is 0 Å². The molecule has 0 aliphatic carbocycles. The van der Waals surface area contributed by atoms with Gasteiger partial charge in [0.1, 0.15) is 0 Å². The van der Waals surface area contributed by atoms with Gasteiger partial charge in [0.2, 0.25) is 0 Å². The molecule has 126 valence electrons. The highest BCUT2D eigenvalue weighted by molar-refractivity contribution is 7.99. The van der Waals surface area contributed by atoms with Crippen LogP contribution in [0.4, 0.5) is 5.69 Å². The van der Waals surface area contributed by atoms with Crippen LogP contribution in [-0.2, 0) is 0 Å².